The smallest absolute Gasteiger partial charge is 0.226 e. The van der Waals surface area contributed by atoms with E-state index in [1.165, 1.54) is 0 Å². The monoisotopic (exact) mass is 305 g/mol. The second-order valence-electron chi connectivity index (χ2n) is 5.62. The number of nitrogens with two attached hydrogens (primary N) is 1. The van der Waals surface area contributed by atoms with Crippen LogP contribution in [0.15, 0.2) is 5.16 Å². The van der Waals surface area contributed by atoms with Crippen molar-refractivity contribution in [1.29, 1.82) is 0 Å². The third-order valence-corrected chi connectivity index (χ3v) is 5.01. The van der Waals surface area contributed by atoms with E-state index in [0.717, 1.165) is 0 Å². The van der Waals surface area contributed by atoms with E-state index < -0.39 is 15.8 Å². The Kier molecular flexibility index (Phi) is 5.79. The third kappa shape index (κ3) is 4.99. The molecule has 0 saturated carbocycles. The van der Waals surface area contributed by atoms with Crippen LogP contribution in [0, 0.1) is 11.8 Å². The lowest BCUT2D eigenvalue weighted by Gasteiger charge is -2.26. The Balaban J connectivity index is 2.69. The van der Waals surface area contributed by atoms with Gasteiger partial charge < -0.3 is 15.8 Å². The fraction of sp³-hybridized carbons (Fsp3) is 0.833. The molecule has 0 aromatic rings. The highest BCUT2D eigenvalue weighted by Crippen LogP contribution is 2.21. The van der Waals surface area contributed by atoms with Crippen LogP contribution in [0.4, 0.5) is 0 Å². The van der Waals surface area contributed by atoms with Gasteiger partial charge in [-0.15, -0.1) is 0 Å². The molecule has 20 heavy (non-hydrogen) atoms. The third-order valence-electron chi connectivity index (χ3n) is 3.25. The number of oxime groups is 1. The SMILES string of the molecule is CC(C)CN(CCC(N)=NO)C(=O)C1CCS(=O)(=O)C1. The zero-order valence-electron chi connectivity index (χ0n) is 11.9. The second kappa shape index (κ2) is 6.92. The van der Waals surface area contributed by atoms with Gasteiger partial charge in [-0.25, -0.2) is 8.42 Å². The lowest BCUT2D eigenvalue weighted by atomic mass is 10.1. The van der Waals surface area contributed by atoms with Crippen molar-refractivity contribution >= 4 is 21.6 Å². The number of nitrogens with zero attached hydrogens (tertiary/aromatic N) is 2. The quantitative estimate of drug-likeness (QED) is 0.311. The van der Waals surface area contributed by atoms with E-state index in [1.807, 2.05) is 13.8 Å². The summed E-state index contributed by atoms with van der Waals surface area (Å²) in [6.45, 7) is 4.84. The van der Waals surface area contributed by atoms with Crippen molar-refractivity contribution in [3.8, 4) is 0 Å². The summed E-state index contributed by atoms with van der Waals surface area (Å²) < 4.78 is 22.9. The molecule has 0 aromatic heterocycles. The van der Waals surface area contributed by atoms with Crippen molar-refractivity contribution in [2.24, 2.45) is 22.7 Å². The van der Waals surface area contributed by atoms with Crippen LogP contribution in [-0.4, -0.2) is 54.9 Å². The first-order valence-electron chi connectivity index (χ1n) is 6.70. The molecule has 7 nitrogen and oxygen atoms in total. The molecule has 3 N–H and O–H groups in total. The van der Waals surface area contributed by atoms with E-state index in [2.05, 4.69) is 5.16 Å². The molecule has 0 aromatic carbocycles. The highest BCUT2D eigenvalue weighted by Gasteiger charge is 2.35. The predicted octanol–water partition coefficient (Wildman–Crippen LogP) is 0.0422. The average molecular weight is 305 g/mol. The number of sulfone groups is 1. The van der Waals surface area contributed by atoms with E-state index in [4.69, 9.17) is 10.9 Å². The predicted molar refractivity (Wildman–Crippen MR) is 76.2 cm³/mol. The molecule has 1 atom stereocenters. The van der Waals surface area contributed by atoms with Gasteiger partial charge in [0.25, 0.3) is 0 Å². The Hall–Kier alpha value is -1.31. The van der Waals surface area contributed by atoms with Crippen LogP contribution in [-0.2, 0) is 14.6 Å². The fourth-order valence-corrected chi connectivity index (χ4v) is 4.01. The summed E-state index contributed by atoms with van der Waals surface area (Å²) in [6.07, 6.45) is 0.660. The Bertz CT molecular complexity index is 473. The second-order valence-corrected chi connectivity index (χ2v) is 7.85. The lowest BCUT2D eigenvalue weighted by Crippen LogP contribution is -2.40. The maximum Gasteiger partial charge on any atom is 0.226 e. The van der Waals surface area contributed by atoms with Crippen LogP contribution < -0.4 is 5.73 Å². The number of rotatable bonds is 6. The van der Waals surface area contributed by atoms with E-state index >= 15 is 0 Å². The highest BCUT2D eigenvalue weighted by molar-refractivity contribution is 7.91. The van der Waals surface area contributed by atoms with Gasteiger partial charge in [-0.1, -0.05) is 19.0 Å². The van der Waals surface area contributed by atoms with E-state index in [9.17, 15) is 13.2 Å². The van der Waals surface area contributed by atoms with Gasteiger partial charge in [-0.05, 0) is 12.3 Å². The van der Waals surface area contributed by atoms with Crippen molar-refractivity contribution in [1.82, 2.24) is 4.90 Å². The Morgan fingerprint density at radius 2 is 2.15 bits per heavy atom. The molecule has 1 saturated heterocycles. The van der Waals surface area contributed by atoms with Gasteiger partial charge in [-0.3, -0.25) is 4.79 Å². The van der Waals surface area contributed by atoms with Gasteiger partial charge in [-0.2, -0.15) is 0 Å². The average Bonchev–Trinajstić information content (AvgIpc) is 2.73. The minimum Gasteiger partial charge on any atom is -0.409 e. The Morgan fingerprint density at radius 1 is 1.50 bits per heavy atom. The van der Waals surface area contributed by atoms with Crippen LogP contribution in [0.3, 0.4) is 0 Å². The van der Waals surface area contributed by atoms with Crippen LogP contribution in [0.2, 0.25) is 0 Å². The topological polar surface area (TPSA) is 113 Å². The maximum absolute atomic E-state index is 12.4. The van der Waals surface area contributed by atoms with E-state index in [-0.39, 0.29) is 35.6 Å². The van der Waals surface area contributed by atoms with Gasteiger partial charge in [0.05, 0.1) is 17.4 Å². The molecule has 1 amide bonds. The van der Waals surface area contributed by atoms with Gasteiger partial charge in [0.15, 0.2) is 9.84 Å². The van der Waals surface area contributed by atoms with Gasteiger partial charge >= 0.3 is 0 Å². The Labute approximate surface area is 119 Å². The first kappa shape index (κ1) is 16.7. The van der Waals surface area contributed by atoms with Gasteiger partial charge in [0.1, 0.15) is 5.84 Å². The molecule has 0 spiro atoms. The highest BCUT2D eigenvalue weighted by atomic mass is 32.2. The van der Waals surface area contributed by atoms with Crippen molar-refractivity contribution < 1.29 is 18.4 Å². The van der Waals surface area contributed by atoms with E-state index in [1.54, 1.807) is 4.90 Å². The van der Waals surface area contributed by atoms with Crippen LogP contribution >= 0.6 is 0 Å². The number of carbonyl (C=O) groups is 1. The minimum atomic E-state index is -3.07. The number of hydrogen-bond acceptors (Lipinski definition) is 5. The summed E-state index contributed by atoms with van der Waals surface area (Å²) in [5.41, 5.74) is 5.41. The summed E-state index contributed by atoms with van der Waals surface area (Å²) >= 11 is 0. The molecular formula is C12H23N3O4S. The first-order chi connectivity index (χ1) is 9.25. The van der Waals surface area contributed by atoms with Gasteiger partial charge in [0.2, 0.25) is 5.91 Å². The standard InChI is InChI=1S/C12H23N3O4S/c1-9(2)7-15(5-3-11(13)14-17)12(16)10-4-6-20(18,19)8-10/h9-10,17H,3-8H2,1-2H3,(H2,13,14). The molecular weight excluding hydrogens is 282 g/mol. The zero-order chi connectivity index (χ0) is 15.3. The lowest BCUT2D eigenvalue weighted by molar-refractivity contribution is -0.135. The molecule has 1 heterocycles. The molecule has 1 aliphatic rings. The number of amidine groups is 1. The van der Waals surface area contributed by atoms with Crippen LogP contribution in [0.25, 0.3) is 0 Å². The summed E-state index contributed by atoms with van der Waals surface area (Å²) in [6, 6.07) is 0. The molecule has 1 unspecified atom stereocenters. The number of amides is 1. The molecule has 1 rings (SSSR count). The summed E-state index contributed by atoms with van der Waals surface area (Å²) in [7, 11) is -3.07. The molecule has 0 aliphatic carbocycles. The first-order valence-corrected chi connectivity index (χ1v) is 8.53. The number of hydrogen-bond donors (Lipinski definition) is 2. The molecule has 1 fully saturated rings. The van der Waals surface area contributed by atoms with Crippen molar-refractivity contribution in [2.75, 3.05) is 24.6 Å². The van der Waals surface area contributed by atoms with Crippen molar-refractivity contribution in [2.45, 2.75) is 26.7 Å². The zero-order valence-corrected chi connectivity index (χ0v) is 12.8. The van der Waals surface area contributed by atoms with Gasteiger partial charge in [0, 0.05) is 19.5 Å². The largest absolute Gasteiger partial charge is 0.409 e. The maximum atomic E-state index is 12.4. The molecule has 0 bridgehead atoms. The number of carbonyl (C=O) groups excluding carboxylic acids is 1. The van der Waals surface area contributed by atoms with Crippen molar-refractivity contribution in [3.63, 3.8) is 0 Å². The summed E-state index contributed by atoms with van der Waals surface area (Å²) in [5, 5.41) is 11.4. The summed E-state index contributed by atoms with van der Waals surface area (Å²) in [5.74, 6) is -0.255. The molecule has 1 aliphatic heterocycles. The molecule has 8 heteroatoms. The normalized spacial score (nSPS) is 22.1. The summed E-state index contributed by atoms with van der Waals surface area (Å²) in [4.78, 5) is 14.0. The molecule has 116 valence electrons. The molecule has 0 radical (unpaired) electrons. The Morgan fingerprint density at radius 3 is 2.60 bits per heavy atom. The van der Waals surface area contributed by atoms with E-state index in [0.29, 0.717) is 19.5 Å². The minimum absolute atomic E-state index is 0.0607. The van der Waals surface area contributed by atoms with Crippen LogP contribution in [0.5, 0.6) is 0 Å². The van der Waals surface area contributed by atoms with Crippen LogP contribution in [0.1, 0.15) is 26.7 Å². The van der Waals surface area contributed by atoms with Crippen molar-refractivity contribution in [3.05, 3.63) is 0 Å². The fourth-order valence-electron chi connectivity index (χ4n) is 2.28.